The van der Waals surface area contributed by atoms with Gasteiger partial charge in [-0.15, -0.1) is 0 Å². The molecule has 0 aliphatic heterocycles. The van der Waals surface area contributed by atoms with Crippen LogP contribution in [0.15, 0.2) is 36.5 Å². The van der Waals surface area contributed by atoms with E-state index in [2.05, 4.69) is 24.1 Å². The third kappa shape index (κ3) is 3.57. The number of rotatable bonds is 5. The van der Waals surface area contributed by atoms with Gasteiger partial charge in [-0.1, -0.05) is 44.2 Å². The Kier molecular flexibility index (Phi) is 4.74. The van der Waals surface area contributed by atoms with Gasteiger partial charge in [0.2, 0.25) is 5.91 Å². The van der Waals surface area contributed by atoms with E-state index < -0.39 is 0 Å². The van der Waals surface area contributed by atoms with Gasteiger partial charge in [0.25, 0.3) is 0 Å². The van der Waals surface area contributed by atoms with E-state index >= 15 is 0 Å². The summed E-state index contributed by atoms with van der Waals surface area (Å²) < 4.78 is 2.38. The number of carbonyl (C=O) groups excluding carboxylic acids is 1. The van der Waals surface area contributed by atoms with Crippen molar-refractivity contribution >= 4 is 18.1 Å². The fourth-order valence-electron chi connectivity index (χ4n) is 1.92. The minimum absolute atomic E-state index is 0.0217. The number of amides is 1. The molecule has 0 aliphatic carbocycles. The van der Waals surface area contributed by atoms with Crippen LogP contribution in [0.4, 0.5) is 0 Å². The summed E-state index contributed by atoms with van der Waals surface area (Å²) in [5.41, 5.74) is 1.96. The van der Waals surface area contributed by atoms with Crippen molar-refractivity contribution in [3.8, 4) is 11.3 Å². The minimum atomic E-state index is -0.0217. The molecule has 4 nitrogen and oxygen atoms in total. The van der Waals surface area contributed by atoms with Crippen molar-refractivity contribution in [3.63, 3.8) is 0 Å². The Bertz CT molecular complexity index is 628. The number of imidazole rings is 1. The van der Waals surface area contributed by atoms with Crippen LogP contribution >= 0.6 is 12.2 Å². The van der Waals surface area contributed by atoms with Crippen LogP contribution in [0.5, 0.6) is 0 Å². The summed E-state index contributed by atoms with van der Waals surface area (Å²) >= 11 is 5.25. The topological polar surface area (TPSA) is 49.8 Å². The molecule has 1 heterocycles. The molecule has 0 bridgehead atoms. The Morgan fingerprint density at radius 3 is 2.70 bits per heavy atom. The monoisotopic (exact) mass is 289 g/mol. The first-order valence-corrected chi connectivity index (χ1v) is 7.09. The van der Waals surface area contributed by atoms with E-state index in [1.165, 1.54) is 0 Å². The molecule has 20 heavy (non-hydrogen) atoms. The maximum Gasteiger partial charge on any atom is 0.240 e. The lowest BCUT2D eigenvalue weighted by Gasteiger charge is -2.10. The first-order valence-electron chi connectivity index (χ1n) is 6.68. The smallest absolute Gasteiger partial charge is 0.240 e. The van der Waals surface area contributed by atoms with Crippen LogP contribution in [0.2, 0.25) is 0 Å². The molecule has 1 aromatic heterocycles. The molecule has 0 aliphatic rings. The second kappa shape index (κ2) is 6.52. The average molecular weight is 289 g/mol. The molecule has 106 valence electrons. The average Bonchev–Trinajstić information content (AvgIpc) is 2.79. The number of aromatic nitrogens is 2. The van der Waals surface area contributed by atoms with Crippen LogP contribution in [-0.2, 0) is 11.3 Å². The van der Waals surface area contributed by atoms with Crippen molar-refractivity contribution in [2.75, 3.05) is 6.54 Å². The molecule has 0 spiro atoms. The molecular weight excluding hydrogens is 270 g/mol. The molecule has 0 atom stereocenters. The Labute approximate surface area is 123 Å². The molecule has 5 heteroatoms. The Balaban J connectivity index is 2.18. The van der Waals surface area contributed by atoms with Gasteiger partial charge in [-0.3, -0.25) is 4.79 Å². The van der Waals surface area contributed by atoms with E-state index in [4.69, 9.17) is 12.2 Å². The van der Waals surface area contributed by atoms with Crippen molar-refractivity contribution in [1.82, 2.24) is 14.9 Å². The van der Waals surface area contributed by atoms with Gasteiger partial charge in [-0.05, 0) is 23.7 Å². The zero-order valence-electron chi connectivity index (χ0n) is 11.7. The lowest BCUT2D eigenvalue weighted by atomic mass is 10.2. The minimum Gasteiger partial charge on any atom is -0.354 e. The quantitative estimate of drug-likeness (QED) is 0.831. The van der Waals surface area contributed by atoms with Gasteiger partial charge in [-0.2, -0.15) is 0 Å². The third-order valence-electron chi connectivity index (χ3n) is 2.95. The Hall–Kier alpha value is -1.88. The summed E-state index contributed by atoms with van der Waals surface area (Å²) in [6, 6.07) is 9.90. The lowest BCUT2D eigenvalue weighted by molar-refractivity contribution is -0.121. The number of benzene rings is 1. The molecular formula is C15H19N3OS. The van der Waals surface area contributed by atoms with Gasteiger partial charge in [-0.25, -0.2) is 0 Å². The van der Waals surface area contributed by atoms with Gasteiger partial charge in [0.1, 0.15) is 6.54 Å². The van der Waals surface area contributed by atoms with Crippen molar-refractivity contribution in [2.24, 2.45) is 5.92 Å². The SMILES string of the molecule is CC(C)CNC(=O)Cn1c(-c2ccccc2)c[nH]c1=S. The number of aromatic amines is 1. The van der Waals surface area contributed by atoms with Gasteiger partial charge in [0, 0.05) is 12.7 Å². The predicted molar refractivity (Wildman–Crippen MR) is 82.9 cm³/mol. The second-order valence-electron chi connectivity index (χ2n) is 5.13. The highest BCUT2D eigenvalue weighted by Gasteiger charge is 2.10. The second-order valence-corrected chi connectivity index (χ2v) is 5.52. The fourth-order valence-corrected chi connectivity index (χ4v) is 2.14. The maximum absolute atomic E-state index is 12.0. The largest absolute Gasteiger partial charge is 0.354 e. The van der Waals surface area contributed by atoms with Gasteiger partial charge < -0.3 is 14.9 Å². The molecule has 0 unspecified atom stereocenters. The Morgan fingerprint density at radius 2 is 2.05 bits per heavy atom. The highest BCUT2D eigenvalue weighted by Crippen LogP contribution is 2.18. The fraction of sp³-hybridized carbons (Fsp3) is 0.333. The summed E-state index contributed by atoms with van der Waals surface area (Å²) in [7, 11) is 0. The van der Waals surface area contributed by atoms with Crippen molar-refractivity contribution in [3.05, 3.63) is 41.3 Å². The van der Waals surface area contributed by atoms with E-state index in [9.17, 15) is 4.79 Å². The molecule has 0 saturated heterocycles. The van der Waals surface area contributed by atoms with E-state index in [0.29, 0.717) is 17.2 Å². The van der Waals surface area contributed by atoms with Crippen LogP contribution in [0.1, 0.15) is 13.8 Å². The molecule has 2 N–H and O–H groups in total. The summed E-state index contributed by atoms with van der Waals surface area (Å²) in [6.07, 6.45) is 1.84. The van der Waals surface area contributed by atoms with Crippen LogP contribution < -0.4 is 5.32 Å². The normalized spacial score (nSPS) is 10.8. The van der Waals surface area contributed by atoms with Gasteiger partial charge >= 0.3 is 0 Å². The number of nitrogens with zero attached hydrogens (tertiary/aromatic N) is 1. The molecule has 0 saturated carbocycles. The van der Waals surface area contributed by atoms with E-state index in [0.717, 1.165) is 11.3 Å². The number of carbonyl (C=O) groups is 1. The van der Waals surface area contributed by atoms with Crippen molar-refractivity contribution < 1.29 is 4.79 Å². The summed E-state index contributed by atoms with van der Waals surface area (Å²) in [4.78, 5) is 15.0. The zero-order valence-corrected chi connectivity index (χ0v) is 12.5. The van der Waals surface area contributed by atoms with Crippen molar-refractivity contribution in [2.45, 2.75) is 20.4 Å². The lowest BCUT2D eigenvalue weighted by Crippen LogP contribution is -2.30. The summed E-state index contributed by atoms with van der Waals surface area (Å²) in [6.45, 7) is 5.05. The zero-order chi connectivity index (χ0) is 14.5. The first kappa shape index (κ1) is 14.5. The number of hydrogen-bond acceptors (Lipinski definition) is 2. The van der Waals surface area contributed by atoms with Gasteiger partial charge in [0.05, 0.1) is 5.69 Å². The number of nitrogens with one attached hydrogen (secondary N) is 2. The molecule has 2 aromatic rings. The molecule has 0 radical (unpaired) electrons. The molecule has 1 aromatic carbocycles. The van der Waals surface area contributed by atoms with E-state index in [1.54, 1.807) is 0 Å². The maximum atomic E-state index is 12.0. The molecule has 1 amide bonds. The van der Waals surface area contributed by atoms with E-state index in [1.807, 2.05) is 41.1 Å². The standard InChI is InChI=1S/C15H19N3OS/c1-11(2)8-16-14(19)10-18-13(9-17-15(18)20)12-6-4-3-5-7-12/h3-7,9,11H,8,10H2,1-2H3,(H,16,19)(H,17,20). The van der Waals surface area contributed by atoms with Crippen LogP contribution in [-0.4, -0.2) is 22.0 Å². The number of H-pyrrole nitrogens is 1. The van der Waals surface area contributed by atoms with E-state index in [-0.39, 0.29) is 12.5 Å². The molecule has 0 fully saturated rings. The highest BCUT2D eigenvalue weighted by atomic mass is 32.1. The third-order valence-corrected chi connectivity index (χ3v) is 3.29. The molecule has 2 rings (SSSR count). The van der Waals surface area contributed by atoms with Crippen LogP contribution in [0.25, 0.3) is 11.3 Å². The summed E-state index contributed by atoms with van der Waals surface area (Å²) in [5, 5.41) is 2.91. The van der Waals surface area contributed by atoms with Crippen molar-refractivity contribution in [1.29, 1.82) is 0 Å². The number of hydrogen-bond donors (Lipinski definition) is 2. The first-order chi connectivity index (χ1) is 9.58. The Morgan fingerprint density at radius 1 is 1.35 bits per heavy atom. The van der Waals surface area contributed by atoms with Crippen LogP contribution in [0, 0.1) is 10.7 Å². The predicted octanol–water partition coefficient (Wildman–Crippen LogP) is 2.98. The van der Waals surface area contributed by atoms with Crippen LogP contribution in [0.3, 0.4) is 0 Å². The summed E-state index contributed by atoms with van der Waals surface area (Å²) in [5.74, 6) is 0.415. The van der Waals surface area contributed by atoms with Gasteiger partial charge in [0.15, 0.2) is 4.77 Å². The highest BCUT2D eigenvalue weighted by molar-refractivity contribution is 7.71.